The topological polar surface area (TPSA) is 100 Å². The number of aliphatic hydroxyl groups is 1. The molecule has 2 aromatic rings. The highest BCUT2D eigenvalue weighted by Crippen LogP contribution is 2.39. The molecule has 0 atom stereocenters. The van der Waals surface area contributed by atoms with E-state index in [-0.39, 0.29) is 6.61 Å². The average molecular weight is 330 g/mol. The molecule has 3 rings (SSSR count). The Hall–Kier alpha value is -2.41. The number of urea groups is 1. The smallest absolute Gasteiger partial charge is 0.319 e. The highest BCUT2D eigenvalue weighted by molar-refractivity contribution is 5.94. The molecule has 1 heterocycles. The zero-order chi connectivity index (χ0) is 17.3. The van der Waals surface area contributed by atoms with Crippen LogP contribution in [0.1, 0.15) is 44.0 Å². The maximum atomic E-state index is 12.2. The molecule has 7 heteroatoms. The molecule has 0 radical (unpaired) electrons. The number of aryl methyl sites for hydroxylation is 1. The number of carbonyl (C=O) groups excluding carboxylic acids is 1. The summed E-state index contributed by atoms with van der Waals surface area (Å²) in [5, 5.41) is 18.8. The molecule has 0 bridgehead atoms. The standard InChI is InChI=1S/C17H22N4O3/c1-10-4-7-13(18-16(23)20-17(2,3)9-22)12(8-10)15-19-14(21-24-15)11-5-6-11/h4,7-8,11,22H,5-6,9H2,1-3H3,(H2,18,20,23). The molecule has 1 aromatic heterocycles. The normalized spacial score (nSPS) is 14.5. The summed E-state index contributed by atoms with van der Waals surface area (Å²) in [6.07, 6.45) is 2.19. The summed E-state index contributed by atoms with van der Waals surface area (Å²) in [5.41, 5.74) is 1.58. The Morgan fingerprint density at radius 1 is 1.42 bits per heavy atom. The number of hydrogen-bond acceptors (Lipinski definition) is 5. The summed E-state index contributed by atoms with van der Waals surface area (Å²) in [5.74, 6) is 1.53. The van der Waals surface area contributed by atoms with Crippen LogP contribution in [-0.2, 0) is 0 Å². The van der Waals surface area contributed by atoms with E-state index in [0.717, 1.165) is 24.2 Å². The van der Waals surface area contributed by atoms with Gasteiger partial charge in [-0.05, 0) is 45.7 Å². The molecule has 1 aliphatic carbocycles. The molecule has 7 nitrogen and oxygen atoms in total. The van der Waals surface area contributed by atoms with Crippen molar-refractivity contribution in [2.24, 2.45) is 0 Å². The van der Waals surface area contributed by atoms with Gasteiger partial charge in [0, 0.05) is 5.92 Å². The lowest BCUT2D eigenvalue weighted by molar-refractivity contribution is 0.187. The third-order valence-corrected chi connectivity index (χ3v) is 3.89. The summed E-state index contributed by atoms with van der Waals surface area (Å²) in [7, 11) is 0. The second-order valence-electron chi connectivity index (χ2n) is 6.90. The number of anilines is 1. The van der Waals surface area contributed by atoms with Gasteiger partial charge in [0.05, 0.1) is 23.4 Å². The third-order valence-electron chi connectivity index (χ3n) is 3.89. The first-order valence-electron chi connectivity index (χ1n) is 8.02. The van der Waals surface area contributed by atoms with E-state index in [0.29, 0.717) is 23.1 Å². The van der Waals surface area contributed by atoms with E-state index in [1.807, 2.05) is 19.1 Å². The molecule has 0 unspecified atom stereocenters. The van der Waals surface area contributed by atoms with Gasteiger partial charge < -0.3 is 20.3 Å². The van der Waals surface area contributed by atoms with Crippen LogP contribution in [0.3, 0.4) is 0 Å². The SMILES string of the molecule is Cc1ccc(NC(=O)NC(C)(C)CO)c(-c2nc(C3CC3)no2)c1. The molecule has 3 N–H and O–H groups in total. The Bertz CT molecular complexity index is 750. The Kier molecular flexibility index (Phi) is 4.28. The van der Waals surface area contributed by atoms with E-state index in [9.17, 15) is 9.90 Å². The number of rotatable bonds is 5. The monoisotopic (exact) mass is 330 g/mol. The fourth-order valence-electron chi connectivity index (χ4n) is 2.30. The van der Waals surface area contributed by atoms with Crippen LogP contribution in [0.2, 0.25) is 0 Å². The van der Waals surface area contributed by atoms with Gasteiger partial charge in [0.1, 0.15) is 0 Å². The molecule has 0 spiro atoms. The van der Waals surface area contributed by atoms with Gasteiger partial charge in [0.2, 0.25) is 0 Å². The predicted molar refractivity (Wildman–Crippen MR) is 89.8 cm³/mol. The first kappa shape index (κ1) is 16.4. The van der Waals surface area contributed by atoms with Crippen LogP contribution < -0.4 is 10.6 Å². The minimum atomic E-state index is -0.710. The number of nitrogens with one attached hydrogen (secondary N) is 2. The second-order valence-corrected chi connectivity index (χ2v) is 6.90. The van der Waals surface area contributed by atoms with Crippen molar-refractivity contribution in [3.63, 3.8) is 0 Å². The van der Waals surface area contributed by atoms with Gasteiger partial charge in [-0.1, -0.05) is 16.8 Å². The van der Waals surface area contributed by atoms with Gasteiger partial charge in [-0.15, -0.1) is 0 Å². The van der Waals surface area contributed by atoms with Crippen LogP contribution in [0.4, 0.5) is 10.5 Å². The van der Waals surface area contributed by atoms with E-state index in [1.54, 1.807) is 19.9 Å². The van der Waals surface area contributed by atoms with Crippen LogP contribution in [0, 0.1) is 6.92 Å². The van der Waals surface area contributed by atoms with Gasteiger partial charge in [-0.2, -0.15) is 4.98 Å². The van der Waals surface area contributed by atoms with E-state index in [2.05, 4.69) is 20.8 Å². The van der Waals surface area contributed by atoms with Gasteiger partial charge in [0.25, 0.3) is 5.89 Å². The number of benzene rings is 1. The van der Waals surface area contributed by atoms with Crippen molar-refractivity contribution >= 4 is 11.7 Å². The minimum Gasteiger partial charge on any atom is -0.394 e. The first-order valence-corrected chi connectivity index (χ1v) is 8.02. The zero-order valence-corrected chi connectivity index (χ0v) is 14.1. The average Bonchev–Trinajstić information content (AvgIpc) is 3.26. The Labute approximate surface area is 140 Å². The fourth-order valence-corrected chi connectivity index (χ4v) is 2.30. The van der Waals surface area contributed by atoms with E-state index >= 15 is 0 Å². The predicted octanol–water partition coefficient (Wildman–Crippen LogP) is 2.81. The molecule has 0 saturated heterocycles. The van der Waals surface area contributed by atoms with Gasteiger partial charge >= 0.3 is 6.03 Å². The molecule has 1 saturated carbocycles. The van der Waals surface area contributed by atoms with Crippen molar-refractivity contribution in [1.82, 2.24) is 15.5 Å². The van der Waals surface area contributed by atoms with E-state index < -0.39 is 11.6 Å². The van der Waals surface area contributed by atoms with Crippen molar-refractivity contribution in [1.29, 1.82) is 0 Å². The quantitative estimate of drug-likeness (QED) is 0.782. The molecular formula is C17H22N4O3. The van der Waals surface area contributed by atoms with Crippen molar-refractivity contribution in [2.45, 2.75) is 45.1 Å². The fraction of sp³-hybridized carbons (Fsp3) is 0.471. The molecule has 2 amide bonds. The number of carbonyl (C=O) groups is 1. The molecule has 0 aliphatic heterocycles. The number of hydrogen-bond donors (Lipinski definition) is 3. The van der Waals surface area contributed by atoms with Crippen molar-refractivity contribution in [2.75, 3.05) is 11.9 Å². The molecular weight excluding hydrogens is 308 g/mol. The van der Waals surface area contributed by atoms with Crippen LogP contribution in [0.25, 0.3) is 11.5 Å². The number of aliphatic hydroxyl groups excluding tert-OH is 1. The van der Waals surface area contributed by atoms with Crippen molar-refractivity contribution in [3.05, 3.63) is 29.6 Å². The van der Waals surface area contributed by atoms with Crippen LogP contribution in [-0.4, -0.2) is 33.4 Å². The molecule has 1 fully saturated rings. The lowest BCUT2D eigenvalue weighted by Gasteiger charge is -2.23. The third kappa shape index (κ3) is 3.73. The molecule has 1 aliphatic rings. The Morgan fingerprint density at radius 2 is 2.17 bits per heavy atom. The number of nitrogens with zero attached hydrogens (tertiary/aromatic N) is 2. The summed E-state index contributed by atoms with van der Waals surface area (Å²) >= 11 is 0. The number of aromatic nitrogens is 2. The maximum absolute atomic E-state index is 12.2. The van der Waals surface area contributed by atoms with Crippen LogP contribution >= 0.6 is 0 Å². The van der Waals surface area contributed by atoms with Crippen LogP contribution in [0.15, 0.2) is 22.7 Å². The Balaban J connectivity index is 1.83. The lowest BCUT2D eigenvalue weighted by atomic mass is 10.1. The molecule has 128 valence electrons. The maximum Gasteiger partial charge on any atom is 0.319 e. The second kappa shape index (κ2) is 6.24. The molecule has 1 aromatic carbocycles. The van der Waals surface area contributed by atoms with E-state index in [4.69, 9.17) is 4.52 Å². The van der Waals surface area contributed by atoms with Crippen molar-refractivity contribution in [3.8, 4) is 11.5 Å². The van der Waals surface area contributed by atoms with E-state index in [1.165, 1.54) is 0 Å². The zero-order valence-electron chi connectivity index (χ0n) is 14.1. The van der Waals surface area contributed by atoms with Crippen LogP contribution in [0.5, 0.6) is 0 Å². The largest absolute Gasteiger partial charge is 0.394 e. The highest BCUT2D eigenvalue weighted by atomic mass is 16.5. The number of amides is 2. The van der Waals surface area contributed by atoms with Gasteiger partial charge in [0.15, 0.2) is 5.82 Å². The summed E-state index contributed by atoms with van der Waals surface area (Å²) < 4.78 is 5.38. The summed E-state index contributed by atoms with van der Waals surface area (Å²) in [4.78, 5) is 16.6. The summed E-state index contributed by atoms with van der Waals surface area (Å²) in [6.45, 7) is 5.28. The van der Waals surface area contributed by atoms with Gasteiger partial charge in [-0.3, -0.25) is 0 Å². The summed E-state index contributed by atoms with van der Waals surface area (Å²) in [6, 6.07) is 5.20. The Morgan fingerprint density at radius 3 is 2.83 bits per heavy atom. The lowest BCUT2D eigenvalue weighted by Crippen LogP contribution is -2.48. The van der Waals surface area contributed by atoms with Gasteiger partial charge in [-0.25, -0.2) is 4.79 Å². The highest BCUT2D eigenvalue weighted by Gasteiger charge is 2.29. The first-order chi connectivity index (χ1) is 11.4. The van der Waals surface area contributed by atoms with Crippen molar-refractivity contribution < 1.29 is 14.4 Å². The minimum absolute atomic E-state index is 0.157. The molecule has 24 heavy (non-hydrogen) atoms.